The van der Waals surface area contributed by atoms with Crippen molar-refractivity contribution >= 4 is 87.9 Å². The Bertz CT molecular complexity index is 2180. The largest absolute Gasteiger partial charge is 0.124 e. The summed E-state index contributed by atoms with van der Waals surface area (Å²) in [6, 6.07) is 33.7. The van der Waals surface area contributed by atoms with Gasteiger partial charge in [0, 0.05) is 62.1 Å². The van der Waals surface area contributed by atoms with Crippen LogP contribution in [0.5, 0.6) is 0 Å². The first-order chi connectivity index (χ1) is 28.0. The van der Waals surface area contributed by atoms with Crippen LogP contribution < -0.4 is 15.6 Å². The standard InChI is InChI=1S/C53H88Si9/c1-41-37-42(2)49(43(3)38-41)55(54(46-33-29-26-30-34-46)36-35-44-31-27-25-28-32-44)50-47(51(56(4,5)6)57(7,8)9)39-45(40-48(50)52(58(10,11)12)59(13,14)15)53(60(16,17)18,61(19,20)21)62(22,23)24/h25-34,37-40,51-52H,1-24H3/b55-54+. The summed E-state index contributed by atoms with van der Waals surface area (Å²) in [5.74, 6) is 3.90. The first-order valence-electron chi connectivity index (χ1n) is 23.6. The second-order valence-corrected chi connectivity index (χ2v) is 72.3. The second kappa shape index (κ2) is 18.6. The van der Waals surface area contributed by atoms with Crippen molar-refractivity contribution in [3.05, 3.63) is 124 Å². The van der Waals surface area contributed by atoms with Crippen molar-refractivity contribution in [2.45, 2.75) is 173 Å². The zero-order valence-electron chi connectivity index (χ0n) is 44.2. The van der Waals surface area contributed by atoms with E-state index in [-0.39, 0.29) is 4.28 Å². The molecular formula is C53H88Si9. The number of hydrogen-bond acceptors (Lipinski definition) is 0. The summed E-state index contributed by atoms with van der Waals surface area (Å²) >= 11 is 0. The van der Waals surface area contributed by atoms with Crippen molar-refractivity contribution in [1.82, 2.24) is 0 Å². The average molecular weight is 978 g/mol. The number of rotatable bonds is 13. The van der Waals surface area contributed by atoms with Crippen molar-refractivity contribution in [3.8, 4) is 11.5 Å². The van der Waals surface area contributed by atoms with Gasteiger partial charge in [0.1, 0.15) is 7.89 Å². The van der Waals surface area contributed by atoms with E-state index in [4.69, 9.17) is 0 Å². The fraction of sp³-hybridized carbons (Fsp3) is 0.509. The molecular weight excluding hydrogens is 889 g/mol. The van der Waals surface area contributed by atoms with Gasteiger partial charge < -0.3 is 0 Å². The third-order valence-corrected chi connectivity index (χ3v) is 61.8. The second-order valence-electron chi connectivity index (χ2n) is 26.4. The Morgan fingerprint density at radius 2 is 0.806 bits per heavy atom. The van der Waals surface area contributed by atoms with Gasteiger partial charge in [-0.2, -0.15) is 0 Å². The van der Waals surface area contributed by atoms with Crippen molar-refractivity contribution in [2.75, 3.05) is 0 Å². The van der Waals surface area contributed by atoms with E-state index >= 15 is 0 Å². The van der Waals surface area contributed by atoms with Crippen LogP contribution in [0.25, 0.3) is 0 Å². The molecule has 0 N–H and O–H groups in total. The van der Waals surface area contributed by atoms with Gasteiger partial charge in [-0.05, 0) is 90.9 Å². The third-order valence-electron chi connectivity index (χ3n) is 13.7. The van der Waals surface area contributed by atoms with E-state index in [9.17, 15) is 0 Å². The summed E-state index contributed by atoms with van der Waals surface area (Å²) in [5, 5.41) is 6.18. The van der Waals surface area contributed by atoms with Gasteiger partial charge >= 0.3 is 0 Å². The van der Waals surface area contributed by atoms with Crippen molar-refractivity contribution in [1.29, 1.82) is 0 Å². The lowest BCUT2D eigenvalue weighted by Gasteiger charge is -2.60. The van der Waals surface area contributed by atoms with Gasteiger partial charge in [0.15, 0.2) is 0 Å². The third kappa shape index (κ3) is 11.0. The molecule has 336 valence electrons. The van der Waals surface area contributed by atoms with Gasteiger partial charge in [0.25, 0.3) is 0 Å². The summed E-state index contributed by atoms with van der Waals surface area (Å²) < 4.78 is 0.283. The molecule has 4 aromatic carbocycles. The SMILES string of the molecule is Cc1cc(C)c(/[Si](c2c(C([Si](C)(C)C)[Si](C)(C)C)cc(C([Si](C)(C)C)([Si](C)(C)C)[Si](C)(C)C)cc2C([Si](C)(C)C)[Si](C)(C)C)=[Si](/C#Cc2ccccc2)c2ccccc2)c(C)c1. The maximum Gasteiger partial charge on any atom is 0.124 e. The monoisotopic (exact) mass is 976 g/mol. The van der Waals surface area contributed by atoms with Crippen LogP contribution in [0, 0.1) is 32.2 Å². The van der Waals surface area contributed by atoms with Crippen LogP contribution in [0.15, 0.2) is 84.9 Å². The maximum atomic E-state index is 4.29. The summed E-state index contributed by atoms with van der Waals surface area (Å²) in [4.78, 5) is 0. The summed E-state index contributed by atoms with van der Waals surface area (Å²) in [7, 11) is -15.9. The molecule has 0 aliphatic heterocycles. The lowest BCUT2D eigenvalue weighted by Crippen LogP contribution is -2.74. The number of hydrogen-bond donors (Lipinski definition) is 0. The van der Waals surface area contributed by atoms with E-state index in [2.05, 4.69) is 255 Å². The summed E-state index contributed by atoms with van der Waals surface area (Å²) in [6.07, 6.45) is 0. The summed E-state index contributed by atoms with van der Waals surface area (Å²) in [5.41, 5.74) is 15.2. The molecule has 9 heteroatoms. The molecule has 0 nitrogen and oxygen atoms in total. The Balaban J connectivity index is 2.70. The smallest absolute Gasteiger partial charge is 0.102 e. The molecule has 4 aromatic rings. The van der Waals surface area contributed by atoms with Gasteiger partial charge in [-0.15, -0.1) is 5.54 Å². The molecule has 0 unspecified atom stereocenters. The Morgan fingerprint density at radius 3 is 1.15 bits per heavy atom. The van der Waals surface area contributed by atoms with Crippen LogP contribution in [0.1, 0.15) is 49.3 Å². The molecule has 0 atom stereocenters. The number of aryl methyl sites for hydroxylation is 3. The topological polar surface area (TPSA) is 0 Å². The Labute approximate surface area is 393 Å². The summed E-state index contributed by atoms with van der Waals surface area (Å²) in [6.45, 7) is 64.9. The van der Waals surface area contributed by atoms with E-state index in [0.717, 1.165) is 5.56 Å². The van der Waals surface area contributed by atoms with E-state index in [0.29, 0.717) is 10.3 Å². The van der Waals surface area contributed by atoms with Crippen LogP contribution in [-0.2, 0) is 4.28 Å². The van der Waals surface area contributed by atoms with E-state index in [1.54, 1.807) is 10.8 Å². The zero-order valence-corrected chi connectivity index (χ0v) is 53.2. The molecule has 0 heterocycles. The quantitative estimate of drug-likeness (QED) is 0.0925. The minimum atomic E-state index is -1.84. The first-order valence-corrected chi connectivity index (χ1v) is 52.4. The molecule has 0 aliphatic carbocycles. The van der Waals surface area contributed by atoms with Crippen LogP contribution >= 0.6 is 0 Å². The lowest BCUT2D eigenvalue weighted by atomic mass is 10.1. The van der Waals surface area contributed by atoms with Gasteiger partial charge in [0.2, 0.25) is 0 Å². The zero-order chi connectivity index (χ0) is 47.4. The van der Waals surface area contributed by atoms with Crippen molar-refractivity contribution in [2.24, 2.45) is 0 Å². The van der Waals surface area contributed by atoms with E-state index < -0.39 is 72.3 Å². The van der Waals surface area contributed by atoms with E-state index in [1.165, 1.54) is 21.9 Å². The molecule has 0 saturated heterocycles. The minimum Gasteiger partial charge on any atom is -0.102 e. The normalized spacial score (nSPS) is 14.2. The highest BCUT2D eigenvalue weighted by Gasteiger charge is 2.61. The Kier molecular flexibility index (Phi) is 15.9. The molecule has 0 aromatic heterocycles. The predicted octanol–water partition coefficient (Wildman–Crippen LogP) is 13.8. The molecule has 4 rings (SSSR count). The molecule has 0 aliphatic rings. The highest BCUT2D eigenvalue weighted by atomic mass is 28.9. The lowest BCUT2D eigenvalue weighted by molar-refractivity contribution is 0.995. The van der Waals surface area contributed by atoms with Gasteiger partial charge in [0.05, 0.1) is 7.89 Å². The van der Waals surface area contributed by atoms with Gasteiger partial charge in [-0.3, -0.25) is 0 Å². The van der Waals surface area contributed by atoms with Gasteiger partial charge in [-0.1, -0.05) is 222 Å². The van der Waals surface area contributed by atoms with Crippen molar-refractivity contribution < 1.29 is 0 Å². The fourth-order valence-electron chi connectivity index (χ4n) is 14.3. The molecule has 0 bridgehead atoms. The minimum absolute atomic E-state index is 0.283. The fourth-order valence-corrected chi connectivity index (χ4v) is 79.8. The maximum absolute atomic E-state index is 4.29. The van der Waals surface area contributed by atoms with Crippen LogP contribution in [0.2, 0.25) is 137 Å². The molecule has 0 amide bonds. The molecule has 0 fully saturated rings. The molecule has 0 spiro atoms. The highest BCUT2D eigenvalue weighted by molar-refractivity contribution is 7.18. The van der Waals surface area contributed by atoms with Gasteiger partial charge in [-0.25, -0.2) is 0 Å². The van der Waals surface area contributed by atoms with Crippen LogP contribution in [0.3, 0.4) is 0 Å². The average Bonchev–Trinajstić information content (AvgIpc) is 3.04. The van der Waals surface area contributed by atoms with E-state index in [1.807, 2.05) is 16.3 Å². The highest BCUT2D eigenvalue weighted by Crippen LogP contribution is 2.51. The Hall–Kier alpha value is -1.61. The number of benzene rings is 4. The van der Waals surface area contributed by atoms with Crippen LogP contribution in [0.4, 0.5) is 0 Å². The van der Waals surface area contributed by atoms with Crippen molar-refractivity contribution in [3.63, 3.8) is 0 Å². The molecule has 0 saturated carbocycles. The molecule has 0 radical (unpaired) electrons. The molecule has 62 heavy (non-hydrogen) atoms. The predicted molar refractivity (Wildman–Crippen MR) is 308 cm³/mol. The first kappa shape index (κ1) is 53.0. The van der Waals surface area contributed by atoms with Crippen LogP contribution in [-0.4, -0.2) is 72.3 Å². The Morgan fingerprint density at radius 1 is 0.452 bits per heavy atom.